The first-order valence-corrected chi connectivity index (χ1v) is 8.08. The smallest absolute Gasteiger partial charge is 0.328 e. The number of benzene rings is 1. The summed E-state index contributed by atoms with van der Waals surface area (Å²) in [5.41, 5.74) is 0.877. The first-order chi connectivity index (χ1) is 12.1. The molecule has 2 aromatic rings. The minimum Gasteiger partial charge on any atom is -0.480 e. The highest BCUT2D eigenvalue weighted by Gasteiger charge is 2.32. The highest BCUT2D eigenvalue weighted by atomic mass is 16.5. The van der Waals surface area contributed by atoms with Gasteiger partial charge >= 0.3 is 5.97 Å². The van der Waals surface area contributed by atoms with Crippen molar-refractivity contribution >= 4 is 11.9 Å². The number of ether oxygens (including phenoxy) is 1. The second kappa shape index (κ2) is 7.84. The summed E-state index contributed by atoms with van der Waals surface area (Å²) >= 11 is 0. The quantitative estimate of drug-likeness (QED) is 0.808. The van der Waals surface area contributed by atoms with Crippen molar-refractivity contribution in [2.75, 3.05) is 19.8 Å². The van der Waals surface area contributed by atoms with Gasteiger partial charge in [0.2, 0.25) is 11.7 Å². The van der Waals surface area contributed by atoms with E-state index in [1.54, 1.807) is 0 Å². The Hall–Kier alpha value is -2.81. The molecule has 1 fully saturated rings. The Morgan fingerprint density at radius 2 is 2.08 bits per heavy atom. The van der Waals surface area contributed by atoms with Crippen LogP contribution in [-0.4, -0.2) is 67.9 Å². The van der Waals surface area contributed by atoms with Crippen LogP contribution >= 0.6 is 0 Å². The summed E-state index contributed by atoms with van der Waals surface area (Å²) in [5.74, 6) is -0.705. The zero-order valence-electron chi connectivity index (χ0n) is 13.6. The van der Waals surface area contributed by atoms with E-state index in [0.717, 1.165) is 5.56 Å². The molecule has 1 amide bonds. The molecule has 0 radical (unpaired) electrons. The van der Waals surface area contributed by atoms with Crippen LogP contribution in [0.3, 0.4) is 0 Å². The lowest BCUT2D eigenvalue weighted by Crippen LogP contribution is -2.52. The average molecular weight is 345 g/mol. The van der Waals surface area contributed by atoms with Crippen LogP contribution in [0.1, 0.15) is 12.8 Å². The zero-order chi connectivity index (χ0) is 17.6. The molecule has 1 atom stereocenters. The van der Waals surface area contributed by atoms with E-state index < -0.39 is 12.0 Å². The van der Waals surface area contributed by atoms with Gasteiger partial charge in [-0.15, -0.1) is 10.2 Å². The monoisotopic (exact) mass is 345 g/mol. The van der Waals surface area contributed by atoms with E-state index in [1.807, 2.05) is 30.3 Å². The molecular formula is C16H19N5O4. The fourth-order valence-electron chi connectivity index (χ4n) is 2.66. The number of carbonyl (C=O) groups excluding carboxylic acids is 1. The average Bonchev–Trinajstić information content (AvgIpc) is 3.11. The number of morpholine rings is 1. The van der Waals surface area contributed by atoms with E-state index >= 15 is 0 Å². The SMILES string of the molecule is O=C(O)[C@@H]1COCCN1C(=O)CCCn1nnc(-c2ccccc2)n1. The van der Waals surface area contributed by atoms with E-state index in [1.165, 1.54) is 9.70 Å². The molecule has 0 spiro atoms. The third-order valence-corrected chi connectivity index (χ3v) is 3.97. The summed E-state index contributed by atoms with van der Waals surface area (Å²) in [6.07, 6.45) is 0.735. The van der Waals surface area contributed by atoms with Crippen LogP contribution in [0.4, 0.5) is 0 Å². The molecule has 0 bridgehead atoms. The topological polar surface area (TPSA) is 110 Å². The molecule has 1 aromatic carbocycles. The Balaban J connectivity index is 1.52. The number of rotatable bonds is 6. The van der Waals surface area contributed by atoms with Crippen molar-refractivity contribution in [1.29, 1.82) is 0 Å². The lowest BCUT2D eigenvalue weighted by Gasteiger charge is -2.32. The number of aromatic nitrogens is 4. The molecule has 9 nitrogen and oxygen atoms in total. The molecule has 1 aliphatic rings. The summed E-state index contributed by atoms with van der Waals surface area (Å²) < 4.78 is 5.14. The van der Waals surface area contributed by atoms with Crippen molar-refractivity contribution in [2.45, 2.75) is 25.4 Å². The Labute approximate surface area is 144 Å². The predicted octanol–water partition coefficient (Wildman–Crippen LogP) is 0.432. The molecule has 132 valence electrons. The number of carbonyl (C=O) groups is 2. The predicted molar refractivity (Wildman–Crippen MR) is 86.4 cm³/mol. The van der Waals surface area contributed by atoms with Crippen LogP contribution < -0.4 is 0 Å². The molecule has 9 heteroatoms. The number of aliphatic carboxylic acids is 1. The van der Waals surface area contributed by atoms with Crippen LogP contribution in [0.15, 0.2) is 30.3 Å². The van der Waals surface area contributed by atoms with E-state index in [-0.39, 0.29) is 18.9 Å². The molecule has 25 heavy (non-hydrogen) atoms. The maximum absolute atomic E-state index is 12.3. The van der Waals surface area contributed by atoms with Crippen molar-refractivity contribution in [3.05, 3.63) is 30.3 Å². The first-order valence-electron chi connectivity index (χ1n) is 8.08. The second-order valence-corrected chi connectivity index (χ2v) is 5.69. The molecule has 0 saturated carbocycles. The van der Waals surface area contributed by atoms with Gasteiger partial charge in [-0.1, -0.05) is 30.3 Å². The van der Waals surface area contributed by atoms with E-state index in [2.05, 4.69) is 15.4 Å². The fraction of sp³-hybridized carbons (Fsp3) is 0.438. The molecular weight excluding hydrogens is 326 g/mol. The molecule has 1 aromatic heterocycles. The van der Waals surface area contributed by atoms with Gasteiger partial charge in [-0.05, 0) is 11.6 Å². The Bertz CT molecular complexity index is 733. The van der Waals surface area contributed by atoms with Crippen molar-refractivity contribution < 1.29 is 19.4 Å². The summed E-state index contributed by atoms with van der Waals surface area (Å²) in [6.45, 7) is 1.13. The Morgan fingerprint density at radius 1 is 1.28 bits per heavy atom. The van der Waals surface area contributed by atoms with Crippen molar-refractivity contribution in [3.63, 3.8) is 0 Å². The Morgan fingerprint density at radius 3 is 2.84 bits per heavy atom. The maximum Gasteiger partial charge on any atom is 0.328 e. The van der Waals surface area contributed by atoms with Crippen molar-refractivity contribution in [2.24, 2.45) is 0 Å². The zero-order valence-corrected chi connectivity index (χ0v) is 13.6. The number of hydrogen-bond donors (Lipinski definition) is 1. The highest BCUT2D eigenvalue weighted by molar-refractivity contribution is 5.83. The van der Waals surface area contributed by atoms with Gasteiger partial charge in [-0.3, -0.25) is 4.79 Å². The molecule has 2 heterocycles. The van der Waals surface area contributed by atoms with Gasteiger partial charge in [0.25, 0.3) is 0 Å². The van der Waals surface area contributed by atoms with Crippen molar-refractivity contribution in [3.8, 4) is 11.4 Å². The normalized spacial score (nSPS) is 17.4. The fourth-order valence-corrected chi connectivity index (χ4v) is 2.66. The summed E-state index contributed by atoms with van der Waals surface area (Å²) in [5, 5.41) is 21.4. The molecule has 0 aliphatic carbocycles. The number of aryl methyl sites for hydroxylation is 1. The van der Waals surface area contributed by atoms with Crippen molar-refractivity contribution in [1.82, 2.24) is 25.1 Å². The van der Waals surface area contributed by atoms with Gasteiger partial charge in [0.15, 0.2) is 6.04 Å². The highest BCUT2D eigenvalue weighted by Crippen LogP contribution is 2.13. The maximum atomic E-state index is 12.3. The third-order valence-electron chi connectivity index (χ3n) is 3.97. The lowest BCUT2D eigenvalue weighted by atomic mass is 10.2. The van der Waals surface area contributed by atoms with Crippen LogP contribution in [0, 0.1) is 0 Å². The van der Waals surface area contributed by atoms with Gasteiger partial charge in [0.1, 0.15) is 0 Å². The third kappa shape index (κ3) is 4.18. The van der Waals surface area contributed by atoms with Gasteiger partial charge in [-0.2, -0.15) is 4.80 Å². The number of tetrazole rings is 1. The van der Waals surface area contributed by atoms with Crippen LogP contribution in [0.5, 0.6) is 0 Å². The van der Waals surface area contributed by atoms with Crippen LogP contribution in [0.2, 0.25) is 0 Å². The first kappa shape index (κ1) is 17.0. The molecule has 3 rings (SSSR count). The van der Waals surface area contributed by atoms with Gasteiger partial charge in [0.05, 0.1) is 19.8 Å². The largest absolute Gasteiger partial charge is 0.480 e. The van der Waals surface area contributed by atoms with E-state index in [9.17, 15) is 9.59 Å². The molecule has 1 N–H and O–H groups in total. The van der Waals surface area contributed by atoms with Gasteiger partial charge in [-0.25, -0.2) is 4.79 Å². The lowest BCUT2D eigenvalue weighted by molar-refractivity contribution is -0.158. The van der Waals surface area contributed by atoms with Crippen LogP contribution in [-0.2, 0) is 20.9 Å². The number of carboxylic acid groups (broad SMARTS) is 1. The number of carboxylic acids is 1. The molecule has 1 aliphatic heterocycles. The minimum atomic E-state index is -1.04. The minimum absolute atomic E-state index is 0.0339. The van der Waals surface area contributed by atoms with Gasteiger partial charge < -0.3 is 14.7 Å². The summed E-state index contributed by atoms with van der Waals surface area (Å²) in [6, 6.07) is 8.60. The van der Waals surface area contributed by atoms with Crippen LogP contribution in [0.25, 0.3) is 11.4 Å². The van der Waals surface area contributed by atoms with E-state index in [0.29, 0.717) is 31.9 Å². The number of nitrogens with zero attached hydrogens (tertiary/aromatic N) is 5. The summed E-state index contributed by atoms with van der Waals surface area (Å²) in [4.78, 5) is 26.3. The summed E-state index contributed by atoms with van der Waals surface area (Å²) in [7, 11) is 0. The molecule has 0 unspecified atom stereocenters. The standard InChI is InChI=1S/C16H19N5O4/c22-14(20-9-10-25-11-13(20)16(23)24)7-4-8-21-18-15(17-19-21)12-5-2-1-3-6-12/h1-3,5-6,13H,4,7-11H2,(H,23,24)/t13-/m0/s1. The number of amides is 1. The second-order valence-electron chi connectivity index (χ2n) is 5.69. The number of hydrogen-bond acceptors (Lipinski definition) is 6. The molecule has 1 saturated heterocycles. The van der Waals surface area contributed by atoms with E-state index in [4.69, 9.17) is 9.84 Å². The van der Waals surface area contributed by atoms with Gasteiger partial charge in [0, 0.05) is 18.5 Å². The Kier molecular flexibility index (Phi) is 5.34.